The summed E-state index contributed by atoms with van der Waals surface area (Å²) in [5.41, 5.74) is 3.34. The van der Waals surface area contributed by atoms with E-state index in [2.05, 4.69) is 36.1 Å². The Kier molecular flexibility index (Phi) is 4.87. The largest absolute Gasteiger partial charge is 0.619 e. The normalized spacial score (nSPS) is 23.1. The minimum atomic E-state index is -0.0205. The number of carbonyl (C=O) groups is 1. The van der Waals surface area contributed by atoms with Crippen LogP contribution in [0.3, 0.4) is 0 Å². The number of hydrogen-bond donors (Lipinski definition) is 0. The summed E-state index contributed by atoms with van der Waals surface area (Å²) < 4.78 is 0.698. The molecule has 2 aliphatic rings. The maximum atomic E-state index is 12.8. The second-order valence-electron chi connectivity index (χ2n) is 8.23. The summed E-state index contributed by atoms with van der Waals surface area (Å²) in [6, 6.07) is 12.1. The number of benzene rings is 1. The van der Waals surface area contributed by atoms with Crippen molar-refractivity contribution in [3.05, 3.63) is 70.7 Å². The van der Waals surface area contributed by atoms with Gasteiger partial charge in [-0.25, -0.2) is 0 Å². The third-order valence-corrected chi connectivity index (χ3v) is 5.98. The highest BCUT2D eigenvalue weighted by Crippen LogP contribution is 2.39. The van der Waals surface area contributed by atoms with Crippen LogP contribution in [0.1, 0.15) is 40.7 Å². The third-order valence-electron chi connectivity index (χ3n) is 5.98. The van der Waals surface area contributed by atoms with Crippen molar-refractivity contribution in [1.29, 1.82) is 0 Å². The molecule has 3 heterocycles. The Balaban J connectivity index is 1.42. The molecule has 1 atom stereocenters. The number of hydrogen-bond acceptors (Lipinski definition) is 3. The molecule has 5 nitrogen and oxygen atoms in total. The number of aromatic nitrogens is 1. The molecule has 4 rings (SSSR count). The first-order valence-corrected chi connectivity index (χ1v) is 9.79. The van der Waals surface area contributed by atoms with Crippen molar-refractivity contribution in [2.45, 2.75) is 32.7 Å². The lowest BCUT2D eigenvalue weighted by molar-refractivity contribution is -0.605. The van der Waals surface area contributed by atoms with Crippen LogP contribution in [0.25, 0.3) is 0 Å². The number of rotatable bonds is 3. The Hall–Kier alpha value is -2.40. The maximum absolute atomic E-state index is 12.8. The van der Waals surface area contributed by atoms with Gasteiger partial charge in [0.15, 0.2) is 12.4 Å². The van der Waals surface area contributed by atoms with Gasteiger partial charge in [-0.1, -0.05) is 29.8 Å². The molecule has 0 aliphatic carbocycles. The topological polar surface area (TPSA) is 50.5 Å². The highest BCUT2D eigenvalue weighted by Gasteiger charge is 2.43. The summed E-state index contributed by atoms with van der Waals surface area (Å²) >= 11 is 0. The van der Waals surface area contributed by atoms with E-state index in [-0.39, 0.29) is 11.3 Å². The number of nitrogens with zero attached hydrogens (tertiary/aromatic N) is 3. The standard InChI is InChI=1S/C22H27N3O2/c1-18-5-2-6-19(13-18)14-23-10-4-8-22(16-23)9-12-24(17-22)21(26)20-7-3-11-25(27)15-20/h2-3,5-7,11,13,15H,4,8-10,12,14,16-17H2,1H3/t22-/m1/s1. The van der Waals surface area contributed by atoms with Gasteiger partial charge in [-0.15, -0.1) is 0 Å². The quantitative estimate of drug-likeness (QED) is 0.621. The smallest absolute Gasteiger partial charge is 0.259 e. The number of amides is 1. The van der Waals surface area contributed by atoms with Crippen LogP contribution < -0.4 is 4.73 Å². The first-order valence-electron chi connectivity index (χ1n) is 9.79. The van der Waals surface area contributed by atoms with Gasteiger partial charge in [-0.3, -0.25) is 9.69 Å². The van der Waals surface area contributed by atoms with E-state index in [1.165, 1.54) is 36.4 Å². The Morgan fingerprint density at radius 3 is 2.89 bits per heavy atom. The molecule has 2 fully saturated rings. The van der Waals surface area contributed by atoms with Gasteiger partial charge in [0, 0.05) is 37.7 Å². The summed E-state index contributed by atoms with van der Waals surface area (Å²) in [4.78, 5) is 17.3. The second-order valence-corrected chi connectivity index (χ2v) is 8.23. The van der Waals surface area contributed by atoms with E-state index in [0.717, 1.165) is 39.1 Å². The molecule has 5 heteroatoms. The van der Waals surface area contributed by atoms with Crippen molar-refractivity contribution in [3.63, 3.8) is 0 Å². The third kappa shape index (κ3) is 3.98. The van der Waals surface area contributed by atoms with Crippen molar-refractivity contribution in [2.24, 2.45) is 5.41 Å². The molecule has 0 saturated carbocycles. The summed E-state index contributed by atoms with van der Waals surface area (Å²) in [5.74, 6) is -0.0205. The summed E-state index contributed by atoms with van der Waals surface area (Å²) in [6.07, 6.45) is 6.19. The van der Waals surface area contributed by atoms with E-state index < -0.39 is 0 Å². The molecule has 2 aliphatic heterocycles. The highest BCUT2D eigenvalue weighted by molar-refractivity contribution is 5.93. The van der Waals surface area contributed by atoms with Crippen LogP contribution in [0.2, 0.25) is 0 Å². The van der Waals surface area contributed by atoms with E-state index in [4.69, 9.17) is 0 Å². The van der Waals surface area contributed by atoms with E-state index in [1.807, 2.05) is 4.90 Å². The summed E-state index contributed by atoms with van der Waals surface area (Å²) in [7, 11) is 0. The van der Waals surface area contributed by atoms with Crippen LogP contribution in [-0.2, 0) is 6.54 Å². The fourth-order valence-electron chi connectivity index (χ4n) is 4.72. The zero-order valence-electron chi connectivity index (χ0n) is 15.9. The van der Waals surface area contributed by atoms with E-state index in [9.17, 15) is 10.0 Å². The first-order chi connectivity index (χ1) is 13.0. The van der Waals surface area contributed by atoms with Crippen LogP contribution in [-0.4, -0.2) is 41.9 Å². The minimum absolute atomic E-state index is 0.0205. The Morgan fingerprint density at radius 1 is 1.19 bits per heavy atom. The zero-order valence-corrected chi connectivity index (χ0v) is 15.9. The summed E-state index contributed by atoms with van der Waals surface area (Å²) in [6.45, 7) is 6.86. The van der Waals surface area contributed by atoms with Crippen LogP contribution in [0.4, 0.5) is 0 Å². The van der Waals surface area contributed by atoms with Crippen molar-refractivity contribution in [1.82, 2.24) is 9.80 Å². The maximum Gasteiger partial charge on any atom is 0.259 e. The molecule has 0 N–H and O–H groups in total. The first kappa shape index (κ1) is 18.0. The SMILES string of the molecule is Cc1cccc(CN2CCC[C@@]3(CCN(C(=O)c4ccc[n+]([O-])c4)C3)C2)c1. The Morgan fingerprint density at radius 2 is 2.07 bits per heavy atom. The Bertz CT molecular complexity index is 838. The van der Waals surface area contributed by atoms with Crippen LogP contribution in [0, 0.1) is 17.5 Å². The van der Waals surface area contributed by atoms with Gasteiger partial charge >= 0.3 is 0 Å². The van der Waals surface area contributed by atoms with Crippen molar-refractivity contribution >= 4 is 5.91 Å². The van der Waals surface area contributed by atoms with Gasteiger partial charge < -0.3 is 10.1 Å². The number of aryl methyl sites for hydroxylation is 1. The van der Waals surface area contributed by atoms with Gasteiger partial charge in [-0.2, -0.15) is 4.73 Å². The number of piperidine rings is 1. The van der Waals surface area contributed by atoms with Gasteiger partial charge in [0.05, 0.1) is 0 Å². The molecule has 1 aromatic heterocycles. The van der Waals surface area contributed by atoms with Gasteiger partial charge in [0.1, 0.15) is 5.56 Å². The predicted molar refractivity (Wildman–Crippen MR) is 104 cm³/mol. The molecular formula is C22H27N3O2. The molecule has 2 saturated heterocycles. The molecule has 2 aromatic rings. The van der Waals surface area contributed by atoms with Crippen molar-refractivity contribution in [2.75, 3.05) is 26.2 Å². The molecule has 1 aromatic carbocycles. The lowest BCUT2D eigenvalue weighted by Gasteiger charge is -2.40. The molecule has 142 valence electrons. The van der Waals surface area contributed by atoms with Gasteiger partial charge in [-0.05, 0) is 44.4 Å². The number of likely N-dealkylation sites (tertiary alicyclic amines) is 2. The minimum Gasteiger partial charge on any atom is -0.619 e. The summed E-state index contributed by atoms with van der Waals surface area (Å²) in [5, 5.41) is 11.5. The van der Waals surface area contributed by atoms with E-state index in [0.29, 0.717) is 10.3 Å². The fourth-order valence-corrected chi connectivity index (χ4v) is 4.72. The molecular weight excluding hydrogens is 338 g/mol. The monoisotopic (exact) mass is 365 g/mol. The lowest BCUT2D eigenvalue weighted by Crippen LogP contribution is -2.45. The van der Waals surface area contributed by atoms with E-state index >= 15 is 0 Å². The van der Waals surface area contributed by atoms with Gasteiger partial charge in [0.25, 0.3) is 5.91 Å². The Labute approximate surface area is 160 Å². The van der Waals surface area contributed by atoms with Crippen LogP contribution in [0.5, 0.6) is 0 Å². The van der Waals surface area contributed by atoms with Crippen LogP contribution in [0.15, 0.2) is 48.8 Å². The molecule has 0 radical (unpaired) electrons. The average Bonchev–Trinajstić information content (AvgIpc) is 3.04. The molecule has 1 spiro atoms. The second kappa shape index (κ2) is 7.31. The predicted octanol–water partition coefficient (Wildman–Crippen LogP) is 2.76. The lowest BCUT2D eigenvalue weighted by atomic mass is 9.79. The van der Waals surface area contributed by atoms with Crippen LogP contribution >= 0.6 is 0 Å². The van der Waals surface area contributed by atoms with Crippen molar-refractivity contribution < 1.29 is 9.52 Å². The highest BCUT2D eigenvalue weighted by atomic mass is 16.5. The number of carbonyl (C=O) groups excluding carboxylic acids is 1. The molecule has 0 unspecified atom stereocenters. The number of pyridine rings is 1. The van der Waals surface area contributed by atoms with Gasteiger partial charge in [0.2, 0.25) is 0 Å². The zero-order chi connectivity index (χ0) is 18.9. The fraction of sp³-hybridized carbons (Fsp3) is 0.455. The van der Waals surface area contributed by atoms with Crippen molar-refractivity contribution in [3.8, 4) is 0 Å². The molecule has 27 heavy (non-hydrogen) atoms. The molecule has 0 bridgehead atoms. The van der Waals surface area contributed by atoms with E-state index in [1.54, 1.807) is 12.1 Å². The average molecular weight is 365 g/mol. The molecule has 1 amide bonds.